The first-order valence-electron chi connectivity index (χ1n) is 7.28. The SMILES string of the molecule is O=S(O)n1ccc2c(-c3ccnc(Nc4ccncn4)c3)cncc21. The number of fused-ring (bicyclic) bond motifs is 1. The summed E-state index contributed by atoms with van der Waals surface area (Å²) in [6, 6.07) is 7.26. The van der Waals surface area contributed by atoms with Crippen LogP contribution in [0.3, 0.4) is 0 Å². The number of nitrogens with zero attached hydrogens (tertiary/aromatic N) is 5. The molecule has 0 spiro atoms. The van der Waals surface area contributed by atoms with Gasteiger partial charge in [0.05, 0.1) is 11.7 Å². The van der Waals surface area contributed by atoms with Crippen LogP contribution in [-0.4, -0.2) is 32.7 Å². The molecule has 25 heavy (non-hydrogen) atoms. The van der Waals surface area contributed by atoms with Gasteiger partial charge in [-0.05, 0) is 29.8 Å². The third-order valence-electron chi connectivity index (χ3n) is 3.66. The minimum absolute atomic E-state index is 0.584. The number of rotatable bonds is 4. The van der Waals surface area contributed by atoms with Gasteiger partial charge in [0.1, 0.15) is 18.0 Å². The molecule has 8 nitrogen and oxygen atoms in total. The molecule has 0 saturated carbocycles. The van der Waals surface area contributed by atoms with Crippen LogP contribution in [0.25, 0.3) is 22.0 Å². The first kappa shape index (κ1) is 15.4. The maximum absolute atomic E-state index is 11.4. The molecule has 4 aromatic rings. The molecule has 0 aromatic carbocycles. The van der Waals surface area contributed by atoms with E-state index in [2.05, 4.69) is 25.3 Å². The number of anilines is 2. The summed E-state index contributed by atoms with van der Waals surface area (Å²) in [7, 11) is 0. The summed E-state index contributed by atoms with van der Waals surface area (Å²) >= 11 is -2.13. The average molecular weight is 352 g/mol. The van der Waals surface area contributed by atoms with Gasteiger partial charge in [-0.3, -0.25) is 9.54 Å². The van der Waals surface area contributed by atoms with Gasteiger partial charge in [0.25, 0.3) is 11.3 Å². The van der Waals surface area contributed by atoms with E-state index in [4.69, 9.17) is 0 Å². The third-order valence-corrected chi connectivity index (χ3v) is 4.31. The van der Waals surface area contributed by atoms with Crippen LogP contribution in [0.2, 0.25) is 0 Å². The Kier molecular flexibility index (Phi) is 3.92. The van der Waals surface area contributed by atoms with Gasteiger partial charge in [-0.15, -0.1) is 0 Å². The Morgan fingerprint density at radius 3 is 2.76 bits per heavy atom. The summed E-state index contributed by atoms with van der Waals surface area (Å²) in [6.45, 7) is 0. The lowest BCUT2D eigenvalue weighted by Gasteiger charge is -2.08. The fourth-order valence-electron chi connectivity index (χ4n) is 2.56. The maximum Gasteiger partial charge on any atom is 0.266 e. The lowest BCUT2D eigenvalue weighted by molar-refractivity contribution is 0.556. The normalized spacial score (nSPS) is 12.2. The fraction of sp³-hybridized carbons (Fsp3) is 0. The van der Waals surface area contributed by atoms with Crippen LogP contribution in [0.15, 0.2) is 61.6 Å². The minimum atomic E-state index is -2.13. The van der Waals surface area contributed by atoms with Crippen molar-refractivity contribution >= 4 is 33.8 Å². The summed E-state index contributed by atoms with van der Waals surface area (Å²) in [5, 5.41) is 3.94. The molecule has 2 N–H and O–H groups in total. The van der Waals surface area contributed by atoms with Crippen molar-refractivity contribution in [2.75, 3.05) is 5.32 Å². The Balaban J connectivity index is 1.77. The zero-order valence-electron chi connectivity index (χ0n) is 12.8. The Morgan fingerprint density at radius 1 is 1.04 bits per heavy atom. The monoisotopic (exact) mass is 352 g/mol. The number of pyridine rings is 2. The number of nitrogens with one attached hydrogen (secondary N) is 1. The molecule has 124 valence electrons. The van der Waals surface area contributed by atoms with Crippen molar-refractivity contribution in [3.63, 3.8) is 0 Å². The molecule has 4 heterocycles. The number of hydrogen-bond acceptors (Lipinski definition) is 6. The zero-order valence-corrected chi connectivity index (χ0v) is 13.6. The van der Waals surface area contributed by atoms with E-state index in [1.165, 1.54) is 10.3 Å². The van der Waals surface area contributed by atoms with Crippen molar-refractivity contribution in [2.24, 2.45) is 0 Å². The van der Waals surface area contributed by atoms with Gasteiger partial charge in [0.15, 0.2) is 0 Å². The van der Waals surface area contributed by atoms with Crippen LogP contribution in [0.5, 0.6) is 0 Å². The minimum Gasteiger partial charge on any atom is -0.325 e. The molecule has 0 fully saturated rings. The highest BCUT2D eigenvalue weighted by molar-refractivity contribution is 7.77. The molecule has 0 bridgehead atoms. The lowest BCUT2D eigenvalue weighted by Crippen LogP contribution is -2.00. The van der Waals surface area contributed by atoms with Gasteiger partial charge in [0.2, 0.25) is 0 Å². The van der Waals surface area contributed by atoms with Crippen LogP contribution in [0.4, 0.5) is 11.6 Å². The first-order chi connectivity index (χ1) is 12.2. The van der Waals surface area contributed by atoms with Crippen molar-refractivity contribution in [3.05, 3.63) is 61.6 Å². The first-order valence-corrected chi connectivity index (χ1v) is 8.34. The molecule has 4 aromatic heterocycles. The highest BCUT2D eigenvalue weighted by Gasteiger charge is 2.11. The maximum atomic E-state index is 11.4. The van der Waals surface area contributed by atoms with Gasteiger partial charge < -0.3 is 5.32 Å². The van der Waals surface area contributed by atoms with Crippen molar-refractivity contribution < 1.29 is 8.76 Å². The molecule has 4 rings (SSSR count). The molecule has 1 unspecified atom stereocenters. The molecular weight excluding hydrogens is 340 g/mol. The van der Waals surface area contributed by atoms with Crippen molar-refractivity contribution in [1.29, 1.82) is 0 Å². The van der Waals surface area contributed by atoms with Crippen LogP contribution in [-0.2, 0) is 11.3 Å². The molecule has 0 aliphatic carbocycles. The molecule has 0 amide bonds. The third kappa shape index (κ3) is 2.97. The standard InChI is InChI=1S/C16H12N6O2S/c23-25(24)22-6-3-12-13(8-18-9-14(12)22)11-1-5-19-16(7-11)21-15-2-4-17-10-20-15/h1-10H,(H,23,24)(H,17,19,20,21). The summed E-state index contributed by atoms with van der Waals surface area (Å²) in [6.07, 6.45) is 9.62. The molecule has 9 heteroatoms. The molecule has 0 aliphatic rings. The van der Waals surface area contributed by atoms with E-state index < -0.39 is 11.3 Å². The predicted molar refractivity (Wildman–Crippen MR) is 94.4 cm³/mol. The lowest BCUT2D eigenvalue weighted by atomic mass is 10.1. The van der Waals surface area contributed by atoms with Crippen LogP contribution in [0.1, 0.15) is 0 Å². The van der Waals surface area contributed by atoms with E-state index in [9.17, 15) is 8.76 Å². The molecule has 0 aliphatic heterocycles. The van der Waals surface area contributed by atoms with E-state index in [0.29, 0.717) is 17.2 Å². The van der Waals surface area contributed by atoms with Crippen LogP contribution < -0.4 is 5.32 Å². The van der Waals surface area contributed by atoms with Gasteiger partial charge in [0, 0.05) is 35.7 Å². The molecule has 1 atom stereocenters. The van der Waals surface area contributed by atoms with E-state index in [1.54, 1.807) is 43.1 Å². The number of hydrogen-bond donors (Lipinski definition) is 2. The highest BCUT2D eigenvalue weighted by Crippen LogP contribution is 2.29. The Bertz CT molecular complexity index is 1070. The Morgan fingerprint density at radius 2 is 1.96 bits per heavy atom. The summed E-state index contributed by atoms with van der Waals surface area (Å²) in [4.78, 5) is 16.5. The zero-order chi connectivity index (χ0) is 17.2. The second-order valence-corrected chi connectivity index (χ2v) is 6.00. The van der Waals surface area contributed by atoms with Gasteiger partial charge in [-0.1, -0.05) is 0 Å². The van der Waals surface area contributed by atoms with Crippen LogP contribution in [0, 0.1) is 0 Å². The Labute approximate surface area is 145 Å². The van der Waals surface area contributed by atoms with Crippen LogP contribution >= 0.6 is 0 Å². The quantitative estimate of drug-likeness (QED) is 0.544. The van der Waals surface area contributed by atoms with Gasteiger partial charge in [-0.2, -0.15) is 0 Å². The second-order valence-electron chi connectivity index (χ2n) is 5.14. The average Bonchev–Trinajstić information content (AvgIpc) is 3.07. The molecule has 0 radical (unpaired) electrons. The second kappa shape index (κ2) is 6.38. The highest BCUT2D eigenvalue weighted by atomic mass is 32.2. The molecule has 0 saturated heterocycles. The Hall–Kier alpha value is -3.17. The van der Waals surface area contributed by atoms with E-state index in [0.717, 1.165) is 16.5 Å². The fourth-order valence-corrected chi connectivity index (χ4v) is 3.04. The van der Waals surface area contributed by atoms with E-state index >= 15 is 0 Å². The summed E-state index contributed by atoms with van der Waals surface area (Å²) in [5.41, 5.74) is 2.31. The smallest absolute Gasteiger partial charge is 0.266 e. The van der Waals surface area contributed by atoms with E-state index in [1.807, 2.05) is 12.1 Å². The van der Waals surface area contributed by atoms with Gasteiger partial charge >= 0.3 is 0 Å². The predicted octanol–water partition coefficient (Wildman–Crippen LogP) is 2.62. The number of aromatic nitrogens is 5. The topological polar surface area (TPSA) is 106 Å². The van der Waals surface area contributed by atoms with Crippen molar-refractivity contribution in [1.82, 2.24) is 23.9 Å². The summed E-state index contributed by atoms with van der Waals surface area (Å²) in [5.74, 6) is 1.26. The largest absolute Gasteiger partial charge is 0.325 e. The van der Waals surface area contributed by atoms with Crippen molar-refractivity contribution in [2.45, 2.75) is 0 Å². The van der Waals surface area contributed by atoms with E-state index in [-0.39, 0.29) is 0 Å². The van der Waals surface area contributed by atoms with Gasteiger partial charge in [-0.25, -0.2) is 23.1 Å². The summed E-state index contributed by atoms with van der Waals surface area (Å²) < 4.78 is 22.0. The molecular formula is C16H12N6O2S. The van der Waals surface area contributed by atoms with Crippen molar-refractivity contribution in [3.8, 4) is 11.1 Å².